The van der Waals surface area contributed by atoms with Crippen LogP contribution in [0.25, 0.3) is 0 Å². The molecule has 1 aliphatic carbocycles. The summed E-state index contributed by atoms with van der Waals surface area (Å²) in [5.41, 5.74) is 11.7. The lowest BCUT2D eigenvalue weighted by Crippen LogP contribution is -2.46. The van der Waals surface area contributed by atoms with Crippen LogP contribution in [0.4, 0.5) is 11.4 Å². The van der Waals surface area contributed by atoms with Crippen LogP contribution >= 0.6 is 22.9 Å². The lowest BCUT2D eigenvalue weighted by molar-refractivity contribution is -0.123. The van der Waals surface area contributed by atoms with Crippen LogP contribution in [0, 0.1) is 0 Å². The average Bonchev–Trinajstić information content (AvgIpc) is 3.60. The molecule has 35 heavy (non-hydrogen) atoms. The Balaban J connectivity index is 1.79. The van der Waals surface area contributed by atoms with Crippen LogP contribution < -0.4 is 26.4 Å². The molecule has 9 nitrogen and oxygen atoms in total. The number of hydrogen-bond acceptors (Lipinski definition) is 8. The Morgan fingerprint density at radius 3 is 2.49 bits per heavy atom. The first-order valence-electron chi connectivity index (χ1n) is 11.4. The van der Waals surface area contributed by atoms with Gasteiger partial charge in [0.15, 0.2) is 11.7 Å². The second-order valence-corrected chi connectivity index (χ2v) is 9.90. The smallest absolute Gasteiger partial charge is 0.273 e. The molecular formula is C24H27N5O4S2. The molecule has 1 fully saturated rings. The summed E-state index contributed by atoms with van der Waals surface area (Å²) in [6, 6.07) is 9.70. The lowest BCUT2D eigenvalue weighted by Gasteiger charge is -2.31. The minimum atomic E-state index is -0.945. The number of thiophene rings is 1. The average molecular weight is 514 g/mol. The molecule has 1 aromatic carbocycles. The Labute approximate surface area is 211 Å². The highest BCUT2D eigenvalue weighted by molar-refractivity contribution is 7.10. The van der Waals surface area contributed by atoms with Crippen LogP contribution in [0.1, 0.15) is 63.7 Å². The standard InChI is InChI=1S/C24H27N5O4S2/c1-2-33-16-11-9-15(10-12-16)29(24(32)21-18(25)19(22(26)30)28-35-21)20(17-8-5-13-34-17)23(31)27-14-6-3-4-7-14/h5,8-14,20H,2-4,6-7,25H2,1H3,(H2,26,30)(H,27,31)/t20-/m1/s1. The normalized spacial score (nSPS) is 14.4. The van der Waals surface area contributed by atoms with Crippen LogP contribution in [-0.4, -0.2) is 34.7 Å². The second kappa shape index (κ2) is 10.9. The highest BCUT2D eigenvalue weighted by atomic mass is 32.1. The summed E-state index contributed by atoms with van der Waals surface area (Å²) in [6.45, 7) is 2.38. The Kier molecular flexibility index (Phi) is 7.67. The van der Waals surface area contributed by atoms with Crippen molar-refractivity contribution in [1.82, 2.24) is 9.69 Å². The Bertz CT molecular complexity index is 1190. The van der Waals surface area contributed by atoms with Crippen LogP contribution in [0.5, 0.6) is 5.75 Å². The number of hydrogen-bond donors (Lipinski definition) is 3. The number of primary amides is 1. The van der Waals surface area contributed by atoms with Gasteiger partial charge in [-0.2, -0.15) is 4.37 Å². The van der Waals surface area contributed by atoms with E-state index in [1.165, 1.54) is 16.2 Å². The predicted molar refractivity (Wildman–Crippen MR) is 137 cm³/mol. The van der Waals surface area contributed by atoms with E-state index in [9.17, 15) is 14.4 Å². The summed E-state index contributed by atoms with van der Waals surface area (Å²) in [5, 5.41) is 4.98. The molecule has 5 N–H and O–H groups in total. The van der Waals surface area contributed by atoms with Crippen molar-refractivity contribution >= 4 is 52.0 Å². The fourth-order valence-electron chi connectivity index (χ4n) is 4.16. The fraction of sp³-hybridized carbons (Fsp3) is 0.333. The monoisotopic (exact) mass is 513 g/mol. The number of anilines is 2. The third-order valence-electron chi connectivity index (χ3n) is 5.82. The molecule has 1 atom stereocenters. The zero-order valence-corrected chi connectivity index (χ0v) is 20.9. The van der Waals surface area contributed by atoms with Gasteiger partial charge in [0.2, 0.25) is 5.91 Å². The first-order chi connectivity index (χ1) is 16.9. The maximum Gasteiger partial charge on any atom is 0.273 e. The van der Waals surface area contributed by atoms with Gasteiger partial charge in [-0.25, -0.2) is 0 Å². The molecule has 1 aliphatic rings. The van der Waals surface area contributed by atoms with Crippen LogP contribution in [0.3, 0.4) is 0 Å². The molecule has 0 bridgehead atoms. The Hall–Kier alpha value is -3.44. The van der Waals surface area contributed by atoms with E-state index < -0.39 is 17.9 Å². The molecule has 2 heterocycles. The number of benzene rings is 1. The Morgan fingerprint density at radius 1 is 1.20 bits per heavy atom. The minimum absolute atomic E-state index is 0.0444. The number of ether oxygens (including phenoxy) is 1. The molecule has 0 radical (unpaired) electrons. The van der Waals surface area contributed by atoms with Crippen molar-refractivity contribution in [3.05, 3.63) is 57.2 Å². The number of nitrogens with one attached hydrogen (secondary N) is 1. The van der Waals surface area contributed by atoms with E-state index in [0.717, 1.165) is 37.2 Å². The van der Waals surface area contributed by atoms with Crippen LogP contribution in [-0.2, 0) is 4.79 Å². The predicted octanol–water partition coefficient (Wildman–Crippen LogP) is 3.73. The summed E-state index contributed by atoms with van der Waals surface area (Å²) in [5.74, 6) is -1.00. The first kappa shape index (κ1) is 24.7. The van der Waals surface area contributed by atoms with Gasteiger partial charge in [-0.3, -0.25) is 19.3 Å². The van der Waals surface area contributed by atoms with Gasteiger partial charge >= 0.3 is 0 Å². The molecule has 11 heteroatoms. The van der Waals surface area contributed by atoms with Crippen LogP contribution in [0.2, 0.25) is 0 Å². The number of carbonyl (C=O) groups excluding carboxylic acids is 3. The van der Waals surface area contributed by atoms with Crippen molar-refractivity contribution in [1.29, 1.82) is 0 Å². The highest BCUT2D eigenvalue weighted by Crippen LogP contribution is 2.35. The van der Waals surface area contributed by atoms with Crippen molar-refractivity contribution in [2.45, 2.75) is 44.7 Å². The van der Waals surface area contributed by atoms with Gasteiger partial charge in [-0.1, -0.05) is 18.9 Å². The minimum Gasteiger partial charge on any atom is -0.494 e. The third-order valence-corrected chi connectivity index (χ3v) is 7.60. The van der Waals surface area contributed by atoms with E-state index in [1.807, 2.05) is 24.4 Å². The quantitative estimate of drug-likeness (QED) is 0.398. The van der Waals surface area contributed by atoms with Crippen molar-refractivity contribution in [3.63, 3.8) is 0 Å². The van der Waals surface area contributed by atoms with Gasteiger partial charge in [-0.15, -0.1) is 11.3 Å². The molecule has 4 rings (SSSR count). The van der Waals surface area contributed by atoms with Gasteiger partial charge in [0.25, 0.3) is 11.8 Å². The van der Waals surface area contributed by atoms with Crippen molar-refractivity contribution < 1.29 is 19.1 Å². The van der Waals surface area contributed by atoms with E-state index in [4.69, 9.17) is 16.2 Å². The number of nitrogen functional groups attached to an aromatic ring is 1. The number of nitrogens with two attached hydrogens (primary N) is 2. The highest BCUT2D eigenvalue weighted by Gasteiger charge is 2.37. The number of aromatic nitrogens is 1. The first-order valence-corrected chi connectivity index (χ1v) is 13.0. The molecule has 0 saturated heterocycles. The van der Waals surface area contributed by atoms with Crippen molar-refractivity contribution in [3.8, 4) is 5.75 Å². The van der Waals surface area contributed by atoms with Crippen molar-refractivity contribution in [2.75, 3.05) is 17.2 Å². The third kappa shape index (κ3) is 5.30. The van der Waals surface area contributed by atoms with E-state index in [1.54, 1.807) is 24.3 Å². The molecule has 184 valence electrons. The summed E-state index contributed by atoms with van der Waals surface area (Å²) in [7, 11) is 0. The number of nitrogens with zero attached hydrogens (tertiary/aromatic N) is 2. The summed E-state index contributed by atoms with van der Waals surface area (Å²) in [6.07, 6.45) is 3.93. The SMILES string of the molecule is CCOc1ccc(N(C(=O)c2snc(C(N)=O)c2N)[C@@H](C(=O)NC2CCCC2)c2cccs2)cc1. The van der Waals surface area contributed by atoms with Gasteiger partial charge in [0.05, 0.1) is 12.3 Å². The molecule has 3 amide bonds. The zero-order chi connectivity index (χ0) is 24.9. The van der Waals surface area contributed by atoms with E-state index in [0.29, 0.717) is 22.9 Å². The van der Waals surface area contributed by atoms with Gasteiger partial charge < -0.3 is 21.5 Å². The second-order valence-electron chi connectivity index (χ2n) is 8.15. The maximum absolute atomic E-state index is 13.9. The number of rotatable bonds is 9. The van der Waals surface area contributed by atoms with Crippen molar-refractivity contribution in [2.24, 2.45) is 5.73 Å². The lowest BCUT2D eigenvalue weighted by atomic mass is 10.1. The number of amides is 3. The molecule has 3 aromatic rings. The summed E-state index contributed by atoms with van der Waals surface area (Å²) < 4.78 is 9.52. The fourth-order valence-corrected chi connectivity index (χ4v) is 5.72. The molecule has 0 aliphatic heterocycles. The van der Waals surface area contributed by atoms with E-state index in [-0.39, 0.29) is 28.2 Å². The summed E-state index contributed by atoms with van der Waals surface area (Å²) >= 11 is 2.17. The van der Waals surface area contributed by atoms with Gasteiger partial charge in [0.1, 0.15) is 10.6 Å². The zero-order valence-electron chi connectivity index (χ0n) is 19.2. The summed E-state index contributed by atoms with van der Waals surface area (Å²) in [4.78, 5) is 41.5. The number of carbonyl (C=O) groups is 3. The van der Waals surface area contributed by atoms with Gasteiger partial charge in [-0.05, 0) is 67.0 Å². The largest absolute Gasteiger partial charge is 0.494 e. The maximum atomic E-state index is 13.9. The topological polar surface area (TPSA) is 141 Å². The molecule has 2 aromatic heterocycles. The van der Waals surface area contributed by atoms with Gasteiger partial charge in [0, 0.05) is 16.6 Å². The van der Waals surface area contributed by atoms with E-state index >= 15 is 0 Å². The van der Waals surface area contributed by atoms with E-state index in [2.05, 4.69) is 9.69 Å². The molecule has 0 spiro atoms. The van der Waals surface area contributed by atoms with Crippen LogP contribution in [0.15, 0.2) is 41.8 Å². The molecular weight excluding hydrogens is 486 g/mol. The molecule has 1 saturated carbocycles. The molecule has 0 unspecified atom stereocenters. The Morgan fingerprint density at radius 2 is 1.91 bits per heavy atom.